The normalized spacial score (nSPS) is 15.8. The summed E-state index contributed by atoms with van der Waals surface area (Å²) in [6.45, 7) is 5.34. The molecule has 2 aromatic heterocycles. The molecule has 4 aromatic rings. The maximum atomic E-state index is 13.2. The second kappa shape index (κ2) is 9.02. The predicted molar refractivity (Wildman–Crippen MR) is 122 cm³/mol. The van der Waals surface area contributed by atoms with Gasteiger partial charge in [-0.05, 0) is 52.9 Å². The number of H-pyrrole nitrogens is 1. The van der Waals surface area contributed by atoms with Gasteiger partial charge in [-0.1, -0.05) is 42.0 Å². The van der Waals surface area contributed by atoms with E-state index in [1.807, 2.05) is 48.0 Å². The van der Waals surface area contributed by atoms with Gasteiger partial charge in [0.2, 0.25) is 0 Å². The van der Waals surface area contributed by atoms with Crippen LogP contribution in [0.5, 0.6) is 0 Å². The molecule has 0 saturated carbocycles. The average molecular weight is 431 g/mol. The third-order valence-electron chi connectivity index (χ3n) is 5.99. The number of rotatable bonds is 6. The lowest BCUT2D eigenvalue weighted by molar-refractivity contribution is 0.0214. The Hall–Kier alpha value is -3.36. The highest BCUT2D eigenvalue weighted by molar-refractivity contribution is 5.79. The third kappa shape index (κ3) is 4.19. The molecule has 1 saturated heterocycles. The number of pyridine rings is 1. The Morgan fingerprint density at radius 2 is 1.91 bits per heavy atom. The number of aromatic amines is 1. The smallest absolute Gasteiger partial charge is 0.253 e. The molecule has 164 valence electrons. The van der Waals surface area contributed by atoms with Gasteiger partial charge >= 0.3 is 0 Å². The molecule has 8 nitrogen and oxygen atoms in total. The summed E-state index contributed by atoms with van der Waals surface area (Å²) < 4.78 is 7.40. The molecule has 1 fully saturated rings. The average Bonchev–Trinajstić information content (AvgIpc) is 3.28. The van der Waals surface area contributed by atoms with Gasteiger partial charge in [0.25, 0.3) is 5.56 Å². The van der Waals surface area contributed by atoms with E-state index in [9.17, 15) is 4.79 Å². The first-order chi connectivity index (χ1) is 15.7. The molecule has 0 bridgehead atoms. The summed E-state index contributed by atoms with van der Waals surface area (Å²) in [4.78, 5) is 18.5. The fraction of sp³-hybridized carbons (Fsp3) is 0.333. The van der Waals surface area contributed by atoms with Crippen LogP contribution in [0.1, 0.15) is 28.6 Å². The minimum atomic E-state index is -0.349. The zero-order chi connectivity index (χ0) is 21.9. The number of ether oxygens (including phenoxy) is 1. The zero-order valence-electron chi connectivity index (χ0n) is 18.1. The van der Waals surface area contributed by atoms with Crippen LogP contribution in [-0.2, 0) is 17.7 Å². The van der Waals surface area contributed by atoms with Crippen LogP contribution < -0.4 is 5.56 Å². The Balaban J connectivity index is 1.56. The molecule has 2 aromatic carbocycles. The van der Waals surface area contributed by atoms with E-state index >= 15 is 0 Å². The highest BCUT2D eigenvalue weighted by atomic mass is 16.5. The number of hydrogen-bond acceptors (Lipinski definition) is 6. The van der Waals surface area contributed by atoms with E-state index in [0.717, 1.165) is 22.9 Å². The Kier molecular flexibility index (Phi) is 5.79. The second-order valence-corrected chi connectivity index (χ2v) is 8.19. The lowest BCUT2D eigenvalue weighted by Gasteiger charge is -2.33. The van der Waals surface area contributed by atoms with Crippen molar-refractivity contribution in [3.8, 4) is 0 Å². The van der Waals surface area contributed by atoms with E-state index in [-0.39, 0.29) is 11.6 Å². The summed E-state index contributed by atoms with van der Waals surface area (Å²) in [5.74, 6) is 0.681. The summed E-state index contributed by atoms with van der Waals surface area (Å²) in [5, 5.41) is 13.6. The molecule has 0 spiro atoms. The highest BCUT2D eigenvalue weighted by Gasteiger charge is 2.31. The van der Waals surface area contributed by atoms with Gasteiger partial charge in [0.1, 0.15) is 6.04 Å². The molecular formula is C24H26N6O2. The number of nitrogens with zero attached hydrogens (tertiary/aromatic N) is 5. The van der Waals surface area contributed by atoms with Gasteiger partial charge in [-0.2, -0.15) is 0 Å². The molecule has 5 rings (SSSR count). The van der Waals surface area contributed by atoms with Crippen LogP contribution in [0.25, 0.3) is 10.9 Å². The fourth-order valence-corrected chi connectivity index (χ4v) is 4.33. The molecule has 0 unspecified atom stereocenters. The van der Waals surface area contributed by atoms with E-state index in [2.05, 4.69) is 43.6 Å². The molecule has 1 aliphatic rings. The SMILES string of the molecule is Cc1ccc2[nH]c(=O)c([C@@H](c3nnnn3CCc3ccccc3)N3CCOCC3)cc2c1. The van der Waals surface area contributed by atoms with Crippen molar-refractivity contribution in [1.29, 1.82) is 0 Å². The van der Waals surface area contributed by atoms with Gasteiger partial charge in [0.05, 0.1) is 13.2 Å². The van der Waals surface area contributed by atoms with Crippen molar-refractivity contribution in [2.45, 2.75) is 25.9 Å². The van der Waals surface area contributed by atoms with Crippen molar-refractivity contribution in [2.75, 3.05) is 26.3 Å². The van der Waals surface area contributed by atoms with Gasteiger partial charge in [0.15, 0.2) is 5.82 Å². The van der Waals surface area contributed by atoms with E-state index < -0.39 is 0 Å². The first-order valence-electron chi connectivity index (χ1n) is 10.9. The molecule has 1 atom stereocenters. The van der Waals surface area contributed by atoms with Crippen LogP contribution in [0.15, 0.2) is 59.4 Å². The maximum absolute atomic E-state index is 13.2. The summed E-state index contributed by atoms with van der Waals surface area (Å²) in [5.41, 5.74) is 3.73. The van der Waals surface area contributed by atoms with E-state index in [1.54, 1.807) is 0 Å². The van der Waals surface area contributed by atoms with Crippen molar-refractivity contribution in [2.24, 2.45) is 0 Å². The summed E-state index contributed by atoms with van der Waals surface area (Å²) in [6, 6.07) is 17.9. The monoisotopic (exact) mass is 430 g/mol. The summed E-state index contributed by atoms with van der Waals surface area (Å²) in [6.07, 6.45) is 0.808. The lowest BCUT2D eigenvalue weighted by atomic mass is 10.0. The Morgan fingerprint density at radius 3 is 2.72 bits per heavy atom. The minimum Gasteiger partial charge on any atom is -0.379 e. The number of aryl methyl sites for hydroxylation is 3. The van der Waals surface area contributed by atoms with Gasteiger partial charge in [0, 0.05) is 30.7 Å². The molecule has 8 heteroatoms. The van der Waals surface area contributed by atoms with Gasteiger partial charge < -0.3 is 9.72 Å². The number of tetrazole rings is 1. The van der Waals surface area contributed by atoms with Gasteiger partial charge in [-0.3, -0.25) is 9.69 Å². The summed E-state index contributed by atoms with van der Waals surface area (Å²) >= 11 is 0. The molecule has 1 aliphatic heterocycles. The van der Waals surface area contributed by atoms with Crippen LogP contribution >= 0.6 is 0 Å². The molecule has 32 heavy (non-hydrogen) atoms. The molecule has 1 N–H and O–H groups in total. The molecular weight excluding hydrogens is 404 g/mol. The number of morpholine rings is 1. The highest BCUT2D eigenvalue weighted by Crippen LogP contribution is 2.27. The third-order valence-corrected chi connectivity index (χ3v) is 5.99. The first kappa shape index (κ1) is 20.5. The predicted octanol–water partition coefficient (Wildman–Crippen LogP) is 2.49. The van der Waals surface area contributed by atoms with Crippen LogP contribution in [0, 0.1) is 6.92 Å². The number of benzene rings is 2. The van der Waals surface area contributed by atoms with Crippen molar-refractivity contribution in [1.82, 2.24) is 30.1 Å². The molecule has 0 aliphatic carbocycles. The van der Waals surface area contributed by atoms with E-state index in [0.29, 0.717) is 44.2 Å². The molecule has 3 heterocycles. The fourth-order valence-electron chi connectivity index (χ4n) is 4.33. The topological polar surface area (TPSA) is 88.9 Å². The van der Waals surface area contributed by atoms with Crippen LogP contribution in [0.2, 0.25) is 0 Å². The van der Waals surface area contributed by atoms with Gasteiger partial charge in [-0.15, -0.1) is 5.10 Å². The van der Waals surface area contributed by atoms with E-state index in [1.165, 1.54) is 5.56 Å². The van der Waals surface area contributed by atoms with E-state index in [4.69, 9.17) is 4.74 Å². The lowest BCUT2D eigenvalue weighted by Crippen LogP contribution is -2.42. The Bertz CT molecular complexity index is 1260. The van der Waals surface area contributed by atoms with Crippen molar-refractivity contribution in [3.05, 3.63) is 87.5 Å². The van der Waals surface area contributed by atoms with Gasteiger partial charge in [-0.25, -0.2) is 4.68 Å². The quantitative estimate of drug-likeness (QED) is 0.506. The number of nitrogens with one attached hydrogen (secondary N) is 1. The minimum absolute atomic E-state index is 0.115. The van der Waals surface area contributed by atoms with Crippen LogP contribution in [-0.4, -0.2) is 56.4 Å². The Labute approximate surface area is 185 Å². The maximum Gasteiger partial charge on any atom is 0.253 e. The first-order valence-corrected chi connectivity index (χ1v) is 10.9. The second-order valence-electron chi connectivity index (χ2n) is 8.19. The summed E-state index contributed by atoms with van der Waals surface area (Å²) in [7, 11) is 0. The molecule has 0 amide bonds. The molecule has 0 radical (unpaired) electrons. The Morgan fingerprint density at radius 1 is 1.09 bits per heavy atom. The van der Waals surface area contributed by atoms with Crippen molar-refractivity contribution < 1.29 is 4.74 Å². The largest absolute Gasteiger partial charge is 0.379 e. The number of fused-ring (bicyclic) bond motifs is 1. The number of hydrogen-bond donors (Lipinski definition) is 1. The zero-order valence-corrected chi connectivity index (χ0v) is 18.1. The van der Waals surface area contributed by atoms with Crippen LogP contribution in [0.4, 0.5) is 0 Å². The van der Waals surface area contributed by atoms with Crippen molar-refractivity contribution in [3.63, 3.8) is 0 Å². The van der Waals surface area contributed by atoms with Crippen molar-refractivity contribution >= 4 is 10.9 Å². The number of aromatic nitrogens is 5. The van der Waals surface area contributed by atoms with Crippen LogP contribution in [0.3, 0.4) is 0 Å². The standard InChI is InChI=1S/C24H26N6O2/c1-17-7-8-21-19(15-17)16-20(24(31)25-21)22(29-11-13-32-14-12-29)23-26-27-28-30(23)10-9-18-5-3-2-4-6-18/h2-8,15-16,22H,9-14H2,1H3,(H,25,31)/t22-/m0/s1.